The Balaban J connectivity index is 1.61. The minimum Gasteiger partial charge on any atom is -0.418 e. The summed E-state index contributed by atoms with van der Waals surface area (Å²) < 4.78 is 6.55. The van der Waals surface area contributed by atoms with Gasteiger partial charge in [-0.05, 0) is 53.9 Å². The van der Waals surface area contributed by atoms with Gasteiger partial charge in [0.2, 0.25) is 5.89 Å². The van der Waals surface area contributed by atoms with Gasteiger partial charge in [-0.25, -0.2) is 9.97 Å². The standard InChI is InChI=1S/C16H16IN5O/c1-21-6-8-22(9-7-21)12-4-2-11(3-5-12)15-20-13-14(17)18-10-19-16(13)23-15/h2-5,10H,6-9H2,1H3. The Labute approximate surface area is 147 Å². The predicted octanol–water partition coefficient (Wildman–Crippen LogP) is 2.64. The van der Waals surface area contributed by atoms with Gasteiger partial charge in [-0.15, -0.1) is 0 Å². The lowest BCUT2D eigenvalue weighted by molar-refractivity contribution is 0.313. The first-order chi connectivity index (χ1) is 11.2. The molecule has 0 unspecified atom stereocenters. The minimum absolute atomic E-state index is 0.530. The molecule has 1 saturated heterocycles. The van der Waals surface area contributed by atoms with E-state index in [1.54, 1.807) is 0 Å². The summed E-state index contributed by atoms with van der Waals surface area (Å²) in [6.07, 6.45) is 1.50. The van der Waals surface area contributed by atoms with E-state index in [0.29, 0.717) is 17.1 Å². The second-order valence-corrected chi connectivity index (χ2v) is 6.70. The van der Waals surface area contributed by atoms with Crippen LogP contribution in [0, 0.1) is 3.70 Å². The highest BCUT2D eigenvalue weighted by molar-refractivity contribution is 14.1. The van der Waals surface area contributed by atoms with Gasteiger partial charge in [0.15, 0.2) is 5.52 Å². The van der Waals surface area contributed by atoms with Crippen molar-refractivity contribution in [2.24, 2.45) is 0 Å². The number of aromatic nitrogens is 3. The lowest BCUT2D eigenvalue weighted by Gasteiger charge is -2.34. The van der Waals surface area contributed by atoms with Gasteiger partial charge in [-0.3, -0.25) is 0 Å². The van der Waals surface area contributed by atoms with E-state index in [1.807, 2.05) is 0 Å². The average Bonchev–Trinajstić information content (AvgIpc) is 3.01. The number of nitrogens with zero attached hydrogens (tertiary/aromatic N) is 5. The summed E-state index contributed by atoms with van der Waals surface area (Å²) in [6.45, 7) is 4.33. The fourth-order valence-electron chi connectivity index (χ4n) is 2.73. The van der Waals surface area contributed by atoms with Crippen molar-refractivity contribution in [1.82, 2.24) is 19.9 Å². The first kappa shape index (κ1) is 14.8. The Bertz CT molecular complexity index is 824. The predicted molar refractivity (Wildman–Crippen MR) is 97.5 cm³/mol. The molecule has 23 heavy (non-hydrogen) atoms. The Hall–Kier alpha value is -1.74. The molecule has 0 bridgehead atoms. The molecule has 1 fully saturated rings. The third-order valence-corrected chi connectivity index (χ3v) is 4.92. The van der Waals surface area contributed by atoms with Crippen LogP contribution in [-0.2, 0) is 0 Å². The zero-order valence-corrected chi connectivity index (χ0v) is 14.9. The lowest BCUT2D eigenvalue weighted by atomic mass is 10.2. The van der Waals surface area contributed by atoms with Gasteiger partial charge in [0.25, 0.3) is 5.71 Å². The quantitative estimate of drug-likeness (QED) is 0.469. The van der Waals surface area contributed by atoms with Crippen LogP contribution < -0.4 is 4.90 Å². The molecule has 4 rings (SSSR count). The Morgan fingerprint density at radius 3 is 2.48 bits per heavy atom. The SMILES string of the molecule is CN1CCN(c2ccc(-c3nc4c(I)ncnc4o3)cc2)CC1. The summed E-state index contributed by atoms with van der Waals surface area (Å²) >= 11 is 2.14. The largest absolute Gasteiger partial charge is 0.418 e. The molecule has 0 aliphatic carbocycles. The zero-order chi connectivity index (χ0) is 15.8. The van der Waals surface area contributed by atoms with Crippen LogP contribution in [0.4, 0.5) is 5.69 Å². The van der Waals surface area contributed by atoms with Crippen LogP contribution in [0.2, 0.25) is 0 Å². The van der Waals surface area contributed by atoms with Crippen LogP contribution in [0.25, 0.3) is 22.7 Å². The molecule has 0 atom stereocenters. The van der Waals surface area contributed by atoms with Gasteiger partial charge in [0.1, 0.15) is 10.0 Å². The second-order valence-electron chi connectivity index (χ2n) is 5.67. The molecule has 2 aromatic heterocycles. The smallest absolute Gasteiger partial charge is 0.251 e. The van der Waals surface area contributed by atoms with Crippen LogP contribution in [0.5, 0.6) is 0 Å². The van der Waals surface area contributed by atoms with Crippen molar-refractivity contribution in [2.75, 3.05) is 38.1 Å². The summed E-state index contributed by atoms with van der Waals surface area (Å²) in [5, 5.41) is 0. The summed E-state index contributed by atoms with van der Waals surface area (Å²) in [6, 6.07) is 8.37. The van der Waals surface area contributed by atoms with Crippen LogP contribution >= 0.6 is 22.6 Å². The fraction of sp³-hybridized carbons (Fsp3) is 0.312. The maximum atomic E-state index is 5.75. The molecule has 1 aliphatic rings. The number of fused-ring (bicyclic) bond motifs is 1. The van der Waals surface area contributed by atoms with Crippen molar-refractivity contribution >= 4 is 39.5 Å². The number of rotatable bonds is 2. The van der Waals surface area contributed by atoms with Crippen molar-refractivity contribution in [2.45, 2.75) is 0 Å². The van der Waals surface area contributed by atoms with Crippen molar-refractivity contribution in [3.8, 4) is 11.5 Å². The monoisotopic (exact) mass is 421 g/mol. The number of oxazole rings is 1. The van der Waals surface area contributed by atoms with Gasteiger partial charge in [-0.2, -0.15) is 4.98 Å². The molecule has 118 valence electrons. The molecule has 0 spiro atoms. The molecule has 7 heteroatoms. The van der Waals surface area contributed by atoms with Crippen molar-refractivity contribution in [3.05, 3.63) is 34.3 Å². The number of anilines is 1. The maximum absolute atomic E-state index is 5.75. The van der Waals surface area contributed by atoms with E-state index < -0.39 is 0 Å². The highest BCUT2D eigenvalue weighted by atomic mass is 127. The molecule has 0 radical (unpaired) electrons. The highest BCUT2D eigenvalue weighted by Crippen LogP contribution is 2.27. The molecular weight excluding hydrogens is 405 g/mol. The van der Waals surface area contributed by atoms with Crippen molar-refractivity contribution in [1.29, 1.82) is 0 Å². The average molecular weight is 421 g/mol. The number of hydrogen-bond donors (Lipinski definition) is 0. The third kappa shape index (κ3) is 2.90. The number of halogens is 1. The minimum atomic E-state index is 0.530. The molecule has 0 N–H and O–H groups in total. The molecule has 1 aliphatic heterocycles. The number of benzene rings is 1. The van der Waals surface area contributed by atoms with Gasteiger partial charge >= 0.3 is 0 Å². The van der Waals surface area contributed by atoms with E-state index >= 15 is 0 Å². The van der Waals surface area contributed by atoms with Crippen LogP contribution in [-0.4, -0.2) is 53.1 Å². The molecule has 1 aromatic carbocycles. The van der Waals surface area contributed by atoms with Gasteiger partial charge in [-0.1, -0.05) is 0 Å². The summed E-state index contributed by atoms with van der Waals surface area (Å²) in [5.41, 5.74) is 3.44. The summed E-state index contributed by atoms with van der Waals surface area (Å²) in [4.78, 5) is 17.5. The van der Waals surface area contributed by atoms with Crippen molar-refractivity contribution < 1.29 is 4.42 Å². The first-order valence-electron chi connectivity index (χ1n) is 7.52. The van der Waals surface area contributed by atoms with E-state index in [4.69, 9.17) is 4.42 Å². The van der Waals surface area contributed by atoms with Gasteiger partial charge in [0.05, 0.1) is 0 Å². The van der Waals surface area contributed by atoms with Gasteiger partial charge < -0.3 is 14.2 Å². The molecule has 6 nitrogen and oxygen atoms in total. The van der Waals surface area contributed by atoms with E-state index in [0.717, 1.165) is 35.4 Å². The third-order valence-electron chi connectivity index (χ3n) is 4.13. The molecule has 0 saturated carbocycles. The van der Waals surface area contributed by atoms with Crippen LogP contribution in [0.3, 0.4) is 0 Å². The van der Waals surface area contributed by atoms with Gasteiger partial charge in [0, 0.05) is 37.4 Å². The molecular formula is C16H16IN5O. The number of hydrogen-bond acceptors (Lipinski definition) is 6. The van der Waals surface area contributed by atoms with E-state index in [9.17, 15) is 0 Å². The van der Waals surface area contributed by atoms with Crippen LogP contribution in [0.1, 0.15) is 0 Å². The lowest BCUT2D eigenvalue weighted by Crippen LogP contribution is -2.44. The molecule has 3 aromatic rings. The number of likely N-dealkylation sites (N-methyl/N-ethyl adjacent to an activating group) is 1. The van der Waals surface area contributed by atoms with E-state index in [1.165, 1.54) is 12.0 Å². The second kappa shape index (κ2) is 6.04. The molecule has 3 heterocycles. The van der Waals surface area contributed by atoms with E-state index in [2.05, 4.69) is 78.7 Å². The zero-order valence-electron chi connectivity index (χ0n) is 12.7. The Kier molecular flexibility index (Phi) is 3.90. The highest BCUT2D eigenvalue weighted by Gasteiger charge is 2.15. The maximum Gasteiger partial charge on any atom is 0.251 e. The normalized spacial score (nSPS) is 16.2. The van der Waals surface area contributed by atoms with Crippen LogP contribution in [0.15, 0.2) is 35.0 Å². The van der Waals surface area contributed by atoms with E-state index in [-0.39, 0.29) is 0 Å². The topological polar surface area (TPSA) is 58.3 Å². The number of piperazine rings is 1. The summed E-state index contributed by atoms with van der Waals surface area (Å²) in [5.74, 6) is 0.586. The Morgan fingerprint density at radius 1 is 1.04 bits per heavy atom. The Morgan fingerprint density at radius 2 is 1.78 bits per heavy atom. The molecule has 0 amide bonds. The van der Waals surface area contributed by atoms with Crippen molar-refractivity contribution in [3.63, 3.8) is 0 Å². The fourth-order valence-corrected chi connectivity index (χ4v) is 3.21. The first-order valence-corrected chi connectivity index (χ1v) is 8.59. The summed E-state index contributed by atoms with van der Waals surface area (Å²) in [7, 11) is 2.16.